The summed E-state index contributed by atoms with van der Waals surface area (Å²) < 4.78 is 0. The number of carbonyl (C=O) groups is 1. The fraction of sp³-hybridized carbons (Fsp3) is 0.625. The molecule has 146 valence electrons. The highest BCUT2D eigenvalue weighted by Gasteiger charge is 2.37. The van der Waals surface area contributed by atoms with Crippen molar-refractivity contribution in [1.29, 1.82) is 0 Å². The van der Waals surface area contributed by atoms with E-state index in [1.54, 1.807) is 0 Å². The lowest BCUT2D eigenvalue weighted by molar-refractivity contribution is -0.137. The smallest absolute Gasteiger partial charge is 0.226 e. The molecule has 0 spiro atoms. The lowest BCUT2D eigenvalue weighted by atomic mass is 9.83. The van der Waals surface area contributed by atoms with E-state index in [-0.39, 0.29) is 0 Å². The number of nitrogens with zero attached hydrogens (tertiary/aromatic N) is 2. The van der Waals surface area contributed by atoms with E-state index in [4.69, 9.17) is 0 Å². The number of rotatable bonds is 5. The van der Waals surface area contributed by atoms with Gasteiger partial charge in [0.25, 0.3) is 0 Å². The fourth-order valence-electron chi connectivity index (χ4n) is 5.28. The molecular formula is C24H34N2O. The van der Waals surface area contributed by atoms with Crippen molar-refractivity contribution in [2.24, 2.45) is 5.92 Å². The molecule has 27 heavy (non-hydrogen) atoms. The molecule has 1 amide bonds. The normalized spacial score (nSPS) is 26.4. The highest BCUT2D eigenvalue weighted by Crippen LogP contribution is 2.32. The van der Waals surface area contributed by atoms with Gasteiger partial charge >= 0.3 is 0 Å². The van der Waals surface area contributed by atoms with Crippen molar-refractivity contribution in [1.82, 2.24) is 9.80 Å². The zero-order valence-electron chi connectivity index (χ0n) is 16.6. The molecule has 2 saturated heterocycles. The van der Waals surface area contributed by atoms with E-state index in [2.05, 4.69) is 46.2 Å². The molecule has 1 aliphatic carbocycles. The lowest BCUT2D eigenvalue weighted by Crippen LogP contribution is -2.56. The molecule has 0 bridgehead atoms. The second-order valence-corrected chi connectivity index (χ2v) is 8.67. The second-order valence-electron chi connectivity index (χ2n) is 8.67. The zero-order valence-corrected chi connectivity index (χ0v) is 16.6. The van der Waals surface area contributed by atoms with Crippen molar-refractivity contribution in [2.75, 3.05) is 26.2 Å². The van der Waals surface area contributed by atoms with Crippen LogP contribution in [0.3, 0.4) is 0 Å². The van der Waals surface area contributed by atoms with Gasteiger partial charge in [0.2, 0.25) is 5.91 Å². The minimum absolute atomic E-state index is 0.399. The van der Waals surface area contributed by atoms with Crippen molar-refractivity contribution in [3.05, 3.63) is 47.5 Å². The Hall–Kier alpha value is -1.61. The van der Waals surface area contributed by atoms with Crippen LogP contribution in [0.2, 0.25) is 0 Å². The third kappa shape index (κ3) is 4.82. The van der Waals surface area contributed by atoms with Gasteiger partial charge in [-0.2, -0.15) is 0 Å². The molecule has 0 unspecified atom stereocenters. The van der Waals surface area contributed by atoms with E-state index >= 15 is 0 Å². The Labute approximate surface area is 164 Å². The number of piperidine rings is 2. The lowest BCUT2D eigenvalue weighted by Gasteiger charge is -2.47. The predicted molar refractivity (Wildman–Crippen MR) is 111 cm³/mol. The summed E-state index contributed by atoms with van der Waals surface area (Å²) in [6, 6.07) is 11.3. The Bertz CT molecular complexity index is 654. The topological polar surface area (TPSA) is 23.6 Å². The Morgan fingerprint density at radius 2 is 1.93 bits per heavy atom. The van der Waals surface area contributed by atoms with Gasteiger partial charge in [-0.25, -0.2) is 0 Å². The standard InChI is InChI=1S/C24H34N2O/c27-24(18-21-10-5-2-6-11-21)26-15-7-12-22-19-25(17-14-23(22)26)16-13-20-8-3-1-4-9-20/h1,3-4,8-10,22-23H,2,5-7,11-19H2/t22-,23+/m1/s1. The van der Waals surface area contributed by atoms with E-state index in [9.17, 15) is 4.79 Å². The zero-order chi connectivity index (χ0) is 18.5. The van der Waals surface area contributed by atoms with Crippen LogP contribution in [0.1, 0.15) is 56.9 Å². The van der Waals surface area contributed by atoms with Crippen LogP contribution >= 0.6 is 0 Å². The molecule has 0 N–H and O–H groups in total. The summed E-state index contributed by atoms with van der Waals surface area (Å²) >= 11 is 0. The van der Waals surface area contributed by atoms with Gasteiger partial charge < -0.3 is 9.80 Å². The maximum absolute atomic E-state index is 13.0. The number of likely N-dealkylation sites (tertiary alicyclic amines) is 2. The third-order valence-electron chi connectivity index (χ3n) is 6.80. The van der Waals surface area contributed by atoms with Crippen LogP contribution in [0.4, 0.5) is 0 Å². The van der Waals surface area contributed by atoms with Gasteiger partial charge in [-0.05, 0) is 62.8 Å². The molecule has 3 nitrogen and oxygen atoms in total. The number of hydrogen-bond donors (Lipinski definition) is 0. The first kappa shape index (κ1) is 18.7. The van der Waals surface area contributed by atoms with Gasteiger partial charge in [0, 0.05) is 38.6 Å². The first-order valence-corrected chi connectivity index (χ1v) is 11.0. The van der Waals surface area contributed by atoms with Crippen LogP contribution in [-0.4, -0.2) is 47.9 Å². The van der Waals surface area contributed by atoms with E-state index in [1.165, 1.54) is 49.8 Å². The van der Waals surface area contributed by atoms with Gasteiger partial charge in [0.05, 0.1) is 0 Å². The van der Waals surface area contributed by atoms with E-state index in [0.717, 1.165) is 38.9 Å². The minimum atomic E-state index is 0.399. The van der Waals surface area contributed by atoms with Crippen molar-refractivity contribution < 1.29 is 4.79 Å². The molecule has 2 aliphatic heterocycles. The molecule has 2 fully saturated rings. The maximum Gasteiger partial charge on any atom is 0.226 e. The number of benzene rings is 1. The average molecular weight is 367 g/mol. The quantitative estimate of drug-likeness (QED) is 0.720. The summed E-state index contributed by atoms with van der Waals surface area (Å²) in [5.74, 6) is 1.07. The molecule has 1 aromatic carbocycles. The van der Waals surface area contributed by atoms with Gasteiger partial charge in [0.15, 0.2) is 0 Å². The first-order valence-electron chi connectivity index (χ1n) is 11.0. The highest BCUT2D eigenvalue weighted by atomic mass is 16.2. The summed E-state index contributed by atoms with van der Waals surface area (Å²) in [7, 11) is 0. The second kappa shape index (κ2) is 9.05. The Balaban J connectivity index is 1.31. The van der Waals surface area contributed by atoms with Crippen LogP contribution < -0.4 is 0 Å². The summed E-state index contributed by atoms with van der Waals surface area (Å²) in [6.07, 6.45) is 12.6. The van der Waals surface area contributed by atoms with E-state index in [0.29, 0.717) is 24.3 Å². The van der Waals surface area contributed by atoms with Gasteiger partial charge in [-0.1, -0.05) is 42.0 Å². The SMILES string of the molecule is O=C(CC1=CCCCC1)N1CCC[C@@H]2CN(CCc3ccccc3)CC[C@@H]21. The van der Waals surface area contributed by atoms with Gasteiger partial charge in [-0.15, -0.1) is 0 Å². The van der Waals surface area contributed by atoms with Crippen molar-refractivity contribution >= 4 is 5.91 Å². The monoisotopic (exact) mass is 366 g/mol. The first-order chi connectivity index (χ1) is 13.3. The molecule has 4 rings (SSSR count). The number of carbonyl (C=O) groups excluding carboxylic acids is 1. The van der Waals surface area contributed by atoms with Crippen LogP contribution in [0, 0.1) is 5.92 Å². The molecule has 0 aromatic heterocycles. The summed E-state index contributed by atoms with van der Waals surface area (Å²) in [5, 5.41) is 0. The molecule has 2 atom stereocenters. The largest absolute Gasteiger partial charge is 0.339 e. The van der Waals surface area contributed by atoms with E-state index < -0.39 is 0 Å². The maximum atomic E-state index is 13.0. The molecule has 3 heteroatoms. The third-order valence-corrected chi connectivity index (χ3v) is 6.80. The molecule has 0 radical (unpaired) electrons. The number of fused-ring (bicyclic) bond motifs is 1. The number of allylic oxidation sites excluding steroid dienone is 1. The number of hydrogen-bond acceptors (Lipinski definition) is 2. The summed E-state index contributed by atoms with van der Waals surface area (Å²) in [5.41, 5.74) is 2.83. The highest BCUT2D eigenvalue weighted by molar-refractivity contribution is 5.79. The Morgan fingerprint density at radius 1 is 1.04 bits per heavy atom. The van der Waals surface area contributed by atoms with Crippen molar-refractivity contribution in [2.45, 2.75) is 63.8 Å². The van der Waals surface area contributed by atoms with Crippen molar-refractivity contribution in [3.8, 4) is 0 Å². The molecule has 1 aromatic rings. The molecule has 2 heterocycles. The minimum Gasteiger partial charge on any atom is -0.339 e. The molecular weight excluding hydrogens is 332 g/mol. The van der Waals surface area contributed by atoms with Crippen LogP contribution in [-0.2, 0) is 11.2 Å². The van der Waals surface area contributed by atoms with Crippen LogP contribution in [0.15, 0.2) is 42.0 Å². The number of amides is 1. The van der Waals surface area contributed by atoms with Crippen LogP contribution in [0.5, 0.6) is 0 Å². The van der Waals surface area contributed by atoms with Gasteiger partial charge in [0.1, 0.15) is 0 Å². The fourth-order valence-corrected chi connectivity index (χ4v) is 5.28. The van der Waals surface area contributed by atoms with Crippen molar-refractivity contribution in [3.63, 3.8) is 0 Å². The summed E-state index contributed by atoms with van der Waals surface area (Å²) in [4.78, 5) is 17.9. The Morgan fingerprint density at radius 3 is 2.74 bits per heavy atom. The van der Waals surface area contributed by atoms with Gasteiger partial charge in [-0.3, -0.25) is 4.79 Å². The summed E-state index contributed by atoms with van der Waals surface area (Å²) in [6.45, 7) is 4.44. The van der Waals surface area contributed by atoms with E-state index in [1.807, 2.05) is 0 Å². The van der Waals surface area contributed by atoms with Crippen LogP contribution in [0.25, 0.3) is 0 Å². The molecule has 0 saturated carbocycles. The molecule has 3 aliphatic rings. The Kier molecular flexibility index (Phi) is 6.28. The predicted octanol–water partition coefficient (Wildman–Crippen LogP) is 4.43. The average Bonchev–Trinajstić information content (AvgIpc) is 2.73.